The Morgan fingerprint density at radius 1 is 1.22 bits per heavy atom. The number of nitrogens with one attached hydrogen (secondary N) is 1. The van der Waals surface area contributed by atoms with E-state index in [4.69, 9.17) is 5.73 Å². The quantitative estimate of drug-likeness (QED) is 0.686. The third-order valence-electron chi connectivity index (χ3n) is 3.42. The van der Waals surface area contributed by atoms with Gasteiger partial charge in [0.05, 0.1) is 5.52 Å². The Balaban J connectivity index is 2.52. The molecule has 0 saturated carbocycles. The van der Waals surface area contributed by atoms with Gasteiger partial charge in [0, 0.05) is 27.2 Å². The molecular weight excluding hydrogens is 358 g/mol. The van der Waals surface area contributed by atoms with Crippen LogP contribution in [0.5, 0.6) is 0 Å². The zero-order valence-corrected chi connectivity index (χ0v) is 13.2. The first-order valence-electron chi connectivity index (χ1n) is 6.47. The van der Waals surface area contributed by atoms with Crippen molar-refractivity contribution in [2.24, 2.45) is 0 Å². The first-order valence-corrected chi connectivity index (χ1v) is 7.26. The van der Waals surface area contributed by atoms with Gasteiger partial charge in [0.2, 0.25) is 0 Å². The number of benzene rings is 1. The molecule has 3 rings (SSSR count). The number of halogens is 1. The highest BCUT2D eigenvalue weighted by Crippen LogP contribution is 2.33. The van der Waals surface area contributed by atoms with Gasteiger partial charge in [-0.2, -0.15) is 10.5 Å². The summed E-state index contributed by atoms with van der Waals surface area (Å²) in [5.74, 6) is -0.0689. The van der Waals surface area contributed by atoms with Crippen LogP contribution in [0.1, 0.15) is 11.1 Å². The van der Waals surface area contributed by atoms with Gasteiger partial charge in [-0.3, -0.25) is 9.78 Å². The summed E-state index contributed by atoms with van der Waals surface area (Å²) in [6.45, 7) is 0. The minimum Gasteiger partial charge on any atom is -0.384 e. The molecule has 6 nitrogen and oxygen atoms in total. The maximum absolute atomic E-state index is 12.0. The van der Waals surface area contributed by atoms with E-state index in [9.17, 15) is 15.3 Å². The number of nitrogens with two attached hydrogens (primary N) is 1. The number of para-hydroxylation sites is 1. The van der Waals surface area contributed by atoms with Crippen molar-refractivity contribution in [1.29, 1.82) is 10.5 Å². The van der Waals surface area contributed by atoms with Crippen molar-refractivity contribution in [3.63, 3.8) is 0 Å². The van der Waals surface area contributed by atoms with Crippen LogP contribution in [-0.2, 0) is 0 Å². The molecule has 0 saturated heterocycles. The van der Waals surface area contributed by atoms with Crippen molar-refractivity contribution in [3.8, 4) is 23.3 Å². The molecule has 0 aliphatic carbocycles. The topological polar surface area (TPSA) is 119 Å². The lowest BCUT2D eigenvalue weighted by Gasteiger charge is -2.11. The predicted molar refractivity (Wildman–Crippen MR) is 89.3 cm³/mol. The van der Waals surface area contributed by atoms with E-state index in [0.29, 0.717) is 11.1 Å². The fourth-order valence-electron chi connectivity index (χ4n) is 2.45. The highest BCUT2D eigenvalue weighted by Gasteiger charge is 2.20. The van der Waals surface area contributed by atoms with Crippen LogP contribution in [-0.4, -0.2) is 9.97 Å². The number of nitriles is 2. The molecule has 3 aromatic rings. The standard InChI is InChI=1S/C16H8BrN5O/c17-9-4-8-2-1-3-10(14(8)21-7-9)13-11(5-18)15(20)22-16(23)12(13)6-19/h1-4,7H,(H3,20,22,23). The Labute approximate surface area is 138 Å². The van der Waals surface area contributed by atoms with Crippen molar-refractivity contribution in [2.45, 2.75) is 0 Å². The molecule has 0 radical (unpaired) electrons. The summed E-state index contributed by atoms with van der Waals surface area (Å²) in [4.78, 5) is 18.7. The first-order chi connectivity index (χ1) is 11.1. The van der Waals surface area contributed by atoms with Crippen LogP contribution in [0.15, 0.2) is 39.7 Å². The van der Waals surface area contributed by atoms with Gasteiger partial charge >= 0.3 is 0 Å². The summed E-state index contributed by atoms with van der Waals surface area (Å²) in [5.41, 5.74) is 6.31. The van der Waals surface area contributed by atoms with Gasteiger partial charge in [0.1, 0.15) is 29.1 Å². The number of anilines is 1. The van der Waals surface area contributed by atoms with Crippen LogP contribution in [0.3, 0.4) is 0 Å². The maximum atomic E-state index is 12.0. The van der Waals surface area contributed by atoms with E-state index in [1.165, 1.54) is 0 Å². The fraction of sp³-hybridized carbons (Fsp3) is 0. The zero-order valence-electron chi connectivity index (χ0n) is 11.6. The number of aromatic amines is 1. The highest BCUT2D eigenvalue weighted by atomic mass is 79.9. The van der Waals surface area contributed by atoms with Gasteiger partial charge in [-0.15, -0.1) is 0 Å². The third-order valence-corrected chi connectivity index (χ3v) is 3.85. The van der Waals surface area contributed by atoms with Gasteiger partial charge in [-0.1, -0.05) is 18.2 Å². The van der Waals surface area contributed by atoms with Crippen LogP contribution < -0.4 is 11.3 Å². The summed E-state index contributed by atoms with van der Waals surface area (Å²) < 4.78 is 0.800. The molecular formula is C16H8BrN5O. The molecule has 3 N–H and O–H groups in total. The van der Waals surface area contributed by atoms with E-state index in [-0.39, 0.29) is 22.5 Å². The Morgan fingerprint density at radius 2 is 1.96 bits per heavy atom. The average Bonchev–Trinajstić information content (AvgIpc) is 2.53. The molecule has 0 aliphatic rings. The SMILES string of the molecule is N#Cc1c(N)[nH]c(=O)c(C#N)c1-c1cccc2cc(Br)cnc12. The van der Waals surface area contributed by atoms with Gasteiger partial charge in [0.15, 0.2) is 0 Å². The van der Waals surface area contributed by atoms with Crippen molar-refractivity contribution < 1.29 is 0 Å². The molecule has 1 aromatic carbocycles. The van der Waals surface area contributed by atoms with E-state index in [2.05, 4.69) is 25.9 Å². The molecule has 2 aromatic heterocycles. The Bertz CT molecular complexity index is 1090. The molecule has 0 amide bonds. The lowest BCUT2D eigenvalue weighted by atomic mass is 9.94. The molecule has 0 fully saturated rings. The van der Waals surface area contributed by atoms with E-state index >= 15 is 0 Å². The molecule has 23 heavy (non-hydrogen) atoms. The molecule has 2 heterocycles. The number of pyridine rings is 2. The normalized spacial score (nSPS) is 10.2. The van der Waals surface area contributed by atoms with Crippen molar-refractivity contribution in [3.05, 3.63) is 56.4 Å². The van der Waals surface area contributed by atoms with Gasteiger partial charge in [0.25, 0.3) is 5.56 Å². The number of rotatable bonds is 1. The van der Waals surface area contributed by atoms with Crippen molar-refractivity contribution in [1.82, 2.24) is 9.97 Å². The van der Waals surface area contributed by atoms with E-state index in [0.717, 1.165) is 9.86 Å². The summed E-state index contributed by atoms with van der Waals surface area (Å²) in [5, 5.41) is 19.5. The molecule has 110 valence electrons. The lowest BCUT2D eigenvalue weighted by Crippen LogP contribution is -2.16. The van der Waals surface area contributed by atoms with E-state index in [1.807, 2.05) is 24.3 Å². The Morgan fingerprint density at radius 3 is 2.65 bits per heavy atom. The summed E-state index contributed by atoms with van der Waals surface area (Å²) in [6, 6.07) is 11.0. The first kappa shape index (κ1) is 14.8. The largest absolute Gasteiger partial charge is 0.384 e. The van der Waals surface area contributed by atoms with Crippen LogP contribution in [0.4, 0.5) is 5.82 Å². The third kappa shape index (κ3) is 2.33. The second-order valence-electron chi connectivity index (χ2n) is 4.75. The van der Waals surface area contributed by atoms with E-state index < -0.39 is 5.56 Å². The highest BCUT2D eigenvalue weighted by molar-refractivity contribution is 9.10. The lowest BCUT2D eigenvalue weighted by molar-refractivity contribution is 1.21. The number of nitrogen functional groups attached to an aromatic ring is 1. The van der Waals surface area contributed by atoms with Gasteiger partial charge in [-0.05, 0) is 22.0 Å². The monoisotopic (exact) mass is 365 g/mol. The van der Waals surface area contributed by atoms with Gasteiger partial charge < -0.3 is 10.7 Å². The van der Waals surface area contributed by atoms with Crippen LogP contribution in [0.25, 0.3) is 22.0 Å². The molecule has 0 spiro atoms. The van der Waals surface area contributed by atoms with Crippen LogP contribution in [0.2, 0.25) is 0 Å². The number of H-pyrrole nitrogens is 1. The average molecular weight is 366 g/mol. The number of aromatic nitrogens is 2. The van der Waals surface area contributed by atoms with Crippen LogP contribution >= 0.6 is 15.9 Å². The number of fused-ring (bicyclic) bond motifs is 1. The molecule has 0 bridgehead atoms. The molecule has 0 atom stereocenters. The summed E-state index contributed by atoms with van der Waals surface area (Å²) >= 11 is 3.35. The minimum atomic E-state index is -0.631. The second-order valence-corrected chi connectivity index (χ2v) is 5.66. The Hall–Kier alpha value is -3.16. The second kappa shape index (κ2) is 5.56. The van der Waals surface area contributed by atoms with E-state index in [1.54, 1.807) is 18.3 Å². The number of hydrogen-bond donors (Lipinski definition) is 2. The number of hydrogen-bond acceptors (Lipinski definition) is 5. The minimum absolute atomic E-state index is 0.0540. The van der Waals surface area contributed by atoms with Crippen molar-refractivity contribution in [2.75, 3.05) is 5.73 Å². The summed E-state index contributed by atoms with van der Waals surface area (Å²) in [6.07, 6.45) is 1.61. The van der Waals surface area contributed by atoms with Crippen molar-refractivity contribution >= 4 is 32.7 Å². The smallest absolute Gasteiger partial charge is 0.268 e. The van der Waals surface area contributed by atoms with Gasteiger partial charge in [-0.25, -0.2) is 0 Å². The zero-order chi connectivity index (χ0) is 16.6. The predicted octanol–water partition coefficient (Wildman–Crippen LogP) is 2.68. The number of nitrogens with zero attached hydrogens (tertiary/aromatic N) is 3. The van der Waals surface area contributed by atoms with Crippen LogP contribution in [0, 0.1) is 22.7 Å². The summed E-state index contributed by atoms with van der Waals surface area (Å²) in [7, 11) is 0. The molecule has 7 heteroatoms. The Kier molecular flexibility index (Phi) is 3.57. The fourth-order valence-corrected chi connectivity index (χ4v) is 2.80. The molecule has 0 aliphatic heterocycles. The maximum Gasteiger partial charge on any atom is 0.268 e. The molecule has 0 unspecified atom stereocenters.